The van der Waals surface area contributed by atoms with Crippen LogP contribution in [0, 0.1) is 5.92 Å². The summed E-state index contributed by atoms with van der Waals surface area (Å²) in [6, 6.07) is 0. The van der Waals surface area contributed by atoms with Gasteiger partial charge < -0.3 is 5.73 Å². The van der Waals surface area contributed by atoms with E-state index in [2.05, 4.69) is 18.9 Å². The smallest absolute Gasteiger partial charge is 0.248 e. The van der Waals surface area contributed by atoms with Crippen LogP contribution in [0.4, 0.5) is 8.78 Å². The minimum Gasteiger partial charge on any atom is -0.330 e. The van der Waals surface area contributed by atoms with Crippen LogP contribution < -0.4 is 5.73 Å². The Bertz CT molecular complexity index is 416. The predicted molar refractivity (Wildman–Crippen MR) is 71.2 cm³/mol. The van der Waals surface area contributed by atoms with Crippen LogP contribution in [0.3, 0.4) is 0 Å². The third kappa shape index (κ3) is 3.14. The molecule has 0 unspecified atom stereocenters. The summed E-state index contributed by atoms with van der Waals surface area (Å²) < 4.78 is 28.5. The number of hydrogen-bond acceptors (Lipinski definition) is 2. The van der Waals surface area contributed by atoms with Gasteiger partial charge in [-0.25, -0.2) is 8.78 Å². The lowest BCUT2D eigenvalue weighted by atomic mass is 9.69. The average molecular weight is 271 g/mol. The summed E-state index contributed by atoms with van der Waals surface area (Å²) in [6.07, 6.45) is 4.54. The molecule has 0 bridgehead atoms. The lowest BCUT2D eigenvalue weighted by Crippen LogP contribution is -2.41. The average Bonchev–Trinajstić information content (AvgIpc) is 2.78. The zero-order chi connectivity index (χ0) is 14.1. The molecule has 2 rings (SSSR count). The van der Waals surface area contributed by atoms with Crippen molar-refractivity contribution in [3.8, 4) is 0 Å². The summed E-state index contributed by atoms with van der Waals surface area (Å²) in [5.41, 5.74) is 6.60. The second kappa shape index (κ2) is 5.19. The fourth-order valence-electron chi connectivity index (χ4n) is 2.82. The maximum absolute atomic E-state index is 13.3. The van der Waals surface area contributed by atoms with Gasteiger partial charge in [0.15, 0.2) is 0 Å². The molecule has 3 nitrogen and oxygen atoms in total. The van der Waals surface area contributed by atoms with E-state index < -0.39 is 5.92 Å². The van der Waals surface area contributed by atoms with E-state index in [1.807, 2.05) is 10.9 Å². The first-order chi connectivity index (χ1) is 8.87. The molecule has 2 N–H and O–H groups in total. The van der Waals surface area contributed by atoms with Crippen LogP contribution in [-0.2, 0) is 12.0 Å². The van der Waals surface area contributed by atoms with Gasteiger partial charge in [0, 0.05) is 37.5 Å². The standard InChI is InChI=1S/C14H23F2N3/c1-11(2)8-19-9-12(7-18-19)13(10-17)3-5-14(15,16)6-4-13/h7,9,11H,3-6,8,10,17H2,1-2H3. The summed E-state index contributed by atoms with van der Waals surface area (Å²) >= 11 is 0. The van der Waals surface area contributed by atoms with Crippen LogP contribution in [-0.4, -0.2) is 22.2 Å². The van der Waals surface area contributed by atoms with E-state index in [1.165, 1.54) is 0 Å². The first kappa shape index (κ1) is 14.4. The van der Waals surface area contributed by atoms with Gasteiger partial charge in [-0.2, -0.15) is 5.10 Å². The van der Waals surface area contributed by atoms with Crippen LogP contribution in [0.25, 0.3) is 0 Å². The highest BCUT2D eigenvalue weighted by molar-refractivity contribution is 5.22. The minimum absolute atomic E-state index is 0.0699. The molecule has 0 saturated heterocycles. The largest absolute Gasteiger partial charge is 0.330 e. The molecular weight excluding hydrogens is 248 g/mol. The molecule has 0 aliphatic heterocycles. The molecule has 1 aliphatic rings. The topological polar surface area (TPSA) is 43.8 Å². The van der Waals surface area contributed by atoms with Gasteiger partial charge >= 0.3 is 0 Å². The van der Waals surface area contributed by atoms with Crippen LogP contribution in [0.15, 0.2) is 12.4 Å². The summed E-state index contributed by atoms with van der Waals surface area (Å²) in [5.74, 6) is -2.01. The minimum atomic E-state index is -2.52. The quantitative estimate of drug-likeness (QED) is 0.915. The Morgan fingerprint density at radius 3 is 2.47 bits per heavy atom. The molecule has 5 heteroatoms. The van der Waals surface area contributed by atoms with E-state index in [0.717, 1.165) is 12.1 Å². The summed E-state index contributed by atoms with van der Waals surface area (Å²) in [4.78, 5) is 0. The Balaban J connectivity index is 2.16. The Hall–Kier alpha value is -0.970. The van der Waals surface area contributed by atoms with Gasteiger partial charge in [-0.15, -0.1) is 0 Å². The van der Waals surface area contributed by atoms with Crippen LogP contribution in [0.2, 0.25) is 0 Å². The molecule has 108 valence electrons. The highest BCUT2D eigenvalue weighted by atomic mass is 19.3. The van der Waals surface area contributed by atoms with Crippen molar-refractivity contribution < 1.29 is 8.78 Å². The number of alkyl halides is 2. The van der Waals surface area contributed by atoms with Crippen molar-refractivity contribution in [3.05, 3.63) is 18.0 Å². The van der Waals surface area contributed by atoms with Gasteiger partial charge in [0.1, 0.15) is 0 Å². The SMILES string of the molecule is CC(C)Cn1cc(C2(CN)CCC(F)(F)CC2)cn1. The summed E-state index contributed by atoms with van der Waals surface area (Å²) in [7, 11) is 0. The maximum Gasteiger partial charge on any atom is 0.248 e. The molecule has 1 fully saturated rings. The first-order valence-corrected chi connectivity index (χ1v) is 6.98. The lowest BCUT2D eigenvalue weighted by Gasteiger charge is -2.38. The third-order valence-electron chi connectivity index (χ3n) is 4.13. The van der Waals surface area contributed by atoms with Crippen molar-refractivity contribution in [1.29, 1.82) is 0 Å². The molecule has 1 aromatic rings. The second-order valence-corrected chi connectivity index (χ2v) is 6.19. The van der Waals surface area contributed by atoms with Gasteiger partial charge in [-0.1, -0.05) is 13.8 Å². The third-order valence-corrected chi connectivity index (χ3v) is 4.13. The van der Waals surface area contributed by atoms with Crippen LogP contribution >= 0.6 is 0 Å². The van der Waals surface area contributed by atoms with Crippen molar-refractivity contribution in [2.45, 2.75) is 57.4 Å². The van der Waals surface area contributed by atoms with Crippen molar-refractivity contribution in [2.75, 3.05) is 6.54 Å². The van der Waals surface area contributed by atoms with Crippen molar-refractivity contribution in [1.82, 2.24) is 9.78 Å². The Labute approximate surface area is 113 Å². The van der Waals surface area contributed by atoms with E-state index in [-0.39, 0.29) is 18.3 Å². The molecule has 0 amide bonds. The van der Waals surface area contributed by atoms with Gasteiger partial charge in [0.05, 0.1) is 6.20 Å². The summed E-state index contributed by atoms with van der Waals surface area (Å²) in [5, 5.41) is 4.33. The summed E-state index contributed by atoms with van der Waals surface area (Å²) in [6.45, 7) is 5.51. The number of aromatic nitrogens is 2. The number of nitrogens with two attached hydrogens (primary N) is 1. The fourth-order valence-corrected chi connectivity index (χ4v) is 2.82. The lowest BCUT2D eigenvalue weighted by molar-refractivity contribution is -0.0509. The number of nitrogens with zero attached hydrogens (tertiary/aromatic N) is 2. The molecule has 0 aromatic carbocycles. The van der Waals surface area contributed by atoms with Gasteiger partial charge in [0.2, 0.25) is 5.92 Å². The predicted octanol–water partition coefficient (Wildman–Crippen LogP) is 2.94. The molecule has 1 aliphatic carbocycles. The van der Waals surface area contributed by atoms with E-state index in [4.69, 9.17) is 5.73 Å². The second-order valence-electron chi connectivity index (χ2n) is 6.19. The van der Waals surface area contributed by atoms with Crippen molar-refractivity contribution in [3.63, 3.8) is 0 Å². The molecule has 19 heavy (non-hydrogen) atoms. The van der Waals surface area contributed by atoms with Crippen LogP contribution in [0.1, 0.15) is 45.1 Å². The first-order valence-electron chi connectivity index (χ1n) is 6.98. The van der Waals surface area contributed by atoms with E-state index in [1.54, 1.807) is 6.20 Å². The normalized spacial score (nSPS) is 21.8. The van der Waals surface area contributed by atoms with Gasteiger partial charge in [0.25, 0.3) is 0 Å². The molecule has 1 heterocycles. The fraction of sp³-hybridized carbons (Fsp3) is 0.786. The monoisotopic (exact) mass is 271 g/mol. The highest BCUT2D eigenvalue weighted by Crippen LogP contribution is 2.44. The highest BCUT2D eigenvalue weighted by Gasteiger charge is 2.44. The maximum atomic E-state index is 13.3. The molecular formula is C14H23F2N3. The number of hydrogen-bond donors (Lipinski definition) is 1. The Morgan fingerprint density at radius 2 is 1.95 bits per heavy atom. The molecule has 0 radical (unpaired) electrons. The van der Waals surface area contributed by atoms with Gasteiger partial charge in [-0.3, -0.25) is 4.68 Å². The molecule has 0 spiro atoms. The number of halogens is 2. The molecule has 0 atom stereocenters. The van der Waals surface area contributed by atoms with Crippen molar-refractivity contribution in [2.24, 2.45) is 11.7 Å². The number of rotatable bonds is 4. The van der Waals surface area contributed by atoms with E-state index in [9.17, 15) is 8.78 Å². The van der Waals surface area contributed by atoms with Crippen molar-refractivity contribution >= 4 is 0 Å². The van der Waals surface area contributed by atoms with E-state index in [0.29, 0.717) is 25.3 Å². The van der Waals surface area contributed by atoms with Gasteiger partial charge in [-0.05, 0) is 24.3 Å². The van der Waals surface area contributed by atoms with Crippen LogP contribution in [0.5, 0.6) is 0 Å². The zero-order valence-corrected chi connectivity index (χ0v) is 11.7. The molecule has 1 saturated carbocycles. The van der Waals surface area contributed by atoms with E-state index >= 15 is 0 Å². The Morgan fingerprint density at radius 1 is 1.32 bits per heavy atom. The molecule has 1 aromatic heterocycles. The Kier molecular flexibility index (Phi) is 3.95. The zero-order valence-electron chi connectivity index (χ0n) is 11.7.